The highest BCUT2D eigenvalue weighted by Crippen LogP contribution is 2.18. The Morgan fingerprint density at radius 2 is 2.32 bits per heavy atom. The van der Waals surface area contributed by atoms with E-state index in [1.54, 1.807) is 0 Å². The first kappa shape index (κ1) is 13.6. The summed E-state index contributed by atoms with van der Waals surface area (Å²) in [6, 6.07) is 1.85. The summed E-state index contributed by atoms with van der Waals surface area (Å²) in [5.41, 5.74) is -0.152. The van der Waals surface area contributed by atoms with Crippen LogP contribution in [0.25, 0.3) is 0 Å². The maximum atomic E-state index is 11.4. The van der Waals surface area contributed by atoms with E-state index in [4.69, 9.17) is 0 Å². The minimum Gasteiger partial charge on any atom is -0.370 e. The standard InChI is InChI=1S/C13H20N4O2/c1-2-10-16-11(8-13(19)17-10)14-7-3-4-12(18)15-9-5-6-9/h8-9H,2-7H2,1H3,(H,15,18)(H2,14,16,17,19). The zero-order chi connectivity index (χ0) is 13.7. The number of carbonyl (C=O) groups is 1. The molecule has 19 heavy (non-hydrogen) atoms. The zero-order valence-electron chi connectivity index (χ0n) is 11.2. The third-order valence-corrected chi connectivity index (χ3v) is 2.95. The third-order valence-electron chi connectivity index (χ3n) is 2.95. The molecule has 3 N–H and O–H groups in total. The minimum absolute atomic E-state index is 0.109. The number of amides is 1. The van der Waals surface area contributed by atoms with Crippen molar-refractivity contribution in [2.45, 2.75) is 45.1 Å². The summed E-state index contributed by atoms with van der Waals surface area (Å²) in [4.78, 5) is 29.7. The van der Waals surface area contributed by atoms with E-state index in [1.165, 1.54) is 6.07 Å². The molecular formula is C13H20N4O2. The number of aromatic nitrogens is 2. The van der Waals surface area contributed by atoms with E-state index < -0.39 is 0 Å². The number of aryl methyl sites for hydroxylation is 1. The highest BCUT2D eigenvalue weighted by atomic mass is 16.1. The van der Waals surface area contributed by atoms with Crippen LogP contribution in [-0.4, -0.2) is 28.5 Å². The van der Waals surface area contributed by atoms with Gasteiger partial charge in [0.2, 0.25) is 5.91 Å². The molecule has 0 radical (unpaired) electrons. The summed E-state index contributed by atoms with van der Waals surface area (Å²) in [5, 5.41) is 6.02. The first-order valence-corrected chi connectivity index (χ1v) is 6.81. The number of H-pyrrole nitrogens is 1. The van der Waals surface area contributed by atoms with Crippen LogP contribution in [0.2, 0.25) is 0 Å². The van der Waals surface area contributed by atoms with E-state index in [0.29, 0.717) is 37.1 Å². The van der Waals surface area contributed by atoms with Gasteiger partial charge in [0, 0.05) is 31.5 Å². The smallest absolute Gasteiger partial charge is 0.252 e. The molecule has 1 saturated carbocycles. The minimum atomic E-state index is -0.152. The van der Waals surface area contributed by atoms with Gasteiger partial charge in [0.15, 0.2) is 0 Å². The molecule has 1 heterocycles. The predicted molar refractivity (Wildman–Crippen MR) is 73.1 cm³/mol. The lowest BCUT2D eigenvalue weighted by atomic mass is 10.3. The zero-order valence-corrected chi connectivity index (χ0v) is 11.2. The van der Waals surface area contributed by atoms with Crippen LogP contribution in [0.3, 0.4) is 0 Å². The van der Waals surface area contributed by atoms with Gasteiger partial charge in [0.1, 0.15) is 11.6 Å². The van der Waals surface area contributed by atoms with Gasteiger partial charge < -0.3 is 15.6 Å². The lowest BCUT2D eigenvalue weighted by molar-refractivity contribution is -0.121. The third kappa shape index (κ3) is 4.73. The van der Waals surface area contributed by atoms with E-state index in [-0.39, 0.29) is 11.5 Å². The van der Waals surface area contributed by atoms with E-state index in [0.717, 1.165) is 19.3 Å². The fraction of sp³-hybridized carbons (Fsp3) is 0.615. The molecule has 2 rings (SSSR count). The Bertz CT molecular complexity index is 494. The first-order chi connectivity index (χ1) is 9.17. The quantitative estimate of drug-likeness (QED) is 0.636. The molecule has 104 valence electrons. The van der Waals surface area contributed by atoms with Crippen LogP contribution in [0.1, 0.15) is 38.4 Å². The molecule has 0 aliphatic heterocycles. The van der Waals surface area contributed by atoms with Crippen molar-refractivity contribution in [2.24, 2.45) is 0 Å². The normalized spacial score (nSPS) is 14.2. The monoisotopic (exact) mass is 264 g/mol. The Morgan fingerprint density at radius 1 is 1.53 bits per heavy atom. The number of hydrogen-bond donors (Lipinski definition) is 3. The second-order valence-electron chi connectivity index (χ2n) is 4.80. The van der Waals surface area contributed by atoms with Crippen molar-refractivity contribution in [3.63, 3.8) is 0 Å². The van der Waals surface area contributed by atoms with Crippen LogP contribution >= 0.6 is 0 Å². The van der Waals surface area contributed by atoms with Gasteiger partial charge in [0.05, 0.1) is 0 Å². The van der Waals surface area contributed by atoms with Gasteiger partial charge >= 0.3 is 0 Å². The molecule has 1 fully saturated rings. The second kappa shape index (κ2) is 6.36. The fourth-order valence-electron chi connectivity index (χ4n) is 1.76. The van der Waals surface area contributed by atoms with Gasteiger partial charge in [-0.1, -0.05) is 6.92 Å². The number of nitrogens with zero attached hydrogens (tertiary/aromatic N) is 1. The van der Waals surface area contributed by atoms with Crippen molar-refractivity contribution in [2.75, 3.05) is 11.9 Å². The lowest BCUT2D eigenvalue weighted by Crippen LogP contribution is -2.25. The molecule has 0 atom stereocenters. The van der Waals surface area contributed by atoms with Crippen molar-refractivity contribution in [3.05, 3.63) is 22.2 Å². The molecule has 1 aromatic rings. The number of nitrogens with one attached hydrogen (secondary N) is 3. The largest absolute Gasteiger partial charge is 0.370 e. The maximum Gasteiger partial charge on any atom is 0.252 e. The van der Waals surface area contributed by atoms with Crippen molar-refractivity contribution >= 4 is 11.7 Å². The number of hydrogen-bond acceptors (Lipinski definition) is 4. The molecule has 1 aromatic heterocycles. The maximum absolute atomic E-state index is 11.4. The Hall–Kier alpha value is -1.85. The molecule has 1 aliphatic rings. The Labute approximate surface area is 112 Å². The van der Waals surface area contributed by atoms with Crippen molar-refractivity contribution in [3.8, 4) is 0 Å². The number of anilines is 1. The van der Waals surface area contributed by atoms with E-state index >= 15 is 0 Å². The average molecular weight is 264 g/mol. The summed E-state index contributed by atoms with van der Waals surface area (Å²) in [6.45, 7) is 2.57. The second-order valence-corrected chi connectivity index (χ2v) is 4.80. The Balaban J connectivity index is 1.71. The van der Waals surface area contributed by atoms with Crippen molar-refractivity contribution in [1.29, 1.82) is 0 Å². The highest BCUT2D eigenvalue weighted by Gasteiger charge is 2.22. The fourth-order valence-corrected chi connectivity index (χ4v) is 1.76. The van der Waals surface area contributed by atoms with Gasteiger partial charge in [-0.25, -0.2) is 4.98 Å². The topological polar surface area (TPSA) is 86.9 Å². The Morgan fingerprint density at radius 3 is 3.00 bits per heavy atom. The molecule has 6 nitrogen and oxygen atoms in total. The Kier molecular flexibility index (Phi) is 4.54. The summed E-state index contributed by atoms with van der Waals surface area (Å²) >= 11 is 0. The molecule has 0 bridgehead atoms. The molecule has 0 spiro atoms. The summed E-state index contributed by atoms with van der Waals surface area (Å²) in [7, 11) is 0. The molecule has 6 heteroatoms. The molecule has 0 unspecified atom stereocenters. The predicted octanol–water partition coefficient (Wildman–Crippen LogP) is 0.803. The van der Waals surface area contributed by atoms with Gasteiger partial charge in [-0.05, 0) is 19.3 Å². The SMILES string of the molecule is CCc1nc(NCCCC(=O)NC2CC2)cc(=O)[nH]1. The van der Waals surface area contributed by atoms with Crippen LogP contribution in [0, 0.1) is 0 Å². The molecule has 0 aromatic carbocycles. The van der Waals surface area contributed by atoms with Gasteiger partial charge in [-0.3, -0.25) is 9.59 Å². The average Bonchev–Trinajstić information content (AvgIpc) is 3.18. The van der Waals surface area contributed by atoms with Gasteiger partial charge in [-0.15, -0.1) is 0 Å². The van der Waals surface area contributed by atoms with E-state index in [2.05, 4.69) is 20.6 Å². The van der Waals surface area contributed by atoms with Crippen LogP contribution in [0.4, 0.5) is 5.82 Å². The van der Waals surface area contributed by atoms with Gasteiger partial charge in [-0.2, -0.15) is 0 Å². The van der Waals surface area contributed by atoms with Crippen LogP contribution in [0.5, 0.6) is 0 Å². The van der Waals surface area contributed by atoms with Crippen LogP contribution in [-0.2, 0) is 11.2 Å². The lowest BCUT2D eigenvalue weighted by Gasteiger charge is -2.06. The molecule has 1 aliphatic carbocycles. The van der Waals surface area contributed by atoms with Crippen LogP contribution in [0.15, 0.2) is 10.9 Å². The molecule has 1 amide bonds. The number of rotatable bonds is 7. The first-order valence-electron chi connectivity index (χ1n) is 6.81. The summed E-state index contributed by atoms with van der Waals surface area (Å²) in [5.74, 6) is 1.35. The summed E-state index contributed by atoms with van der Waals surface area (Å²) in [6.07, 6.45) is 4.15. The van der Waals surface area contributed by atoms with E-state index in [1.807, 2.05) is 6.92 Å². The highest BCUT2D eigenvalue weighted by molar-refractivity contribution is 5.76. The van der Waals surface area contributed by atoms with Crippen molar-refractivity contribution in [1.82, 2.24) is 15.3 Å². The van der Waals surface area contributed by atoms with E-state index in [9.17, 15) is 9.59 Å². The summed E-state index contributed by atoms with van der Waals surface area (Å²) < 4.78 is 0. The number of aromatic amines is 1. The van der Waals surface area contributed by atoms with Crippen LogP contribution < -0.4 is 16.2 Å². The molecule has 0 saturated heterocycles. The van der Waals surface area contributed by atoms with Gasteiger partial charge in [0.25, 0.3) is 5.56 Å². The molecular weight excluding hydrogens is 244 g/mol. The number of carbonyl (C=O) groups excluding carboxylic acids is 1. The van der Waals surface area contributed by atoms with Crippen molar-refractivity contribution < 1.29 is 4.79 Å².